The van der Waals surface area contributed by atoms with Crippen molar-refractivity contribution >= 4 is 11.5 Å². The summed E-state index contributed by atoms with van der Waals surface area (Å²) >= 11 is 0. The second kappa shape index (κ2) is 11.9. The average Bonchev–Trinajstić information content (AvgIpc) is 2.98. The second-order valence-electron chi connectivity index (χ2n) is 10.8. The molecule has 0 N–H and O–H groups in total. The highest BCUT2D eigenvalue weighted by Gasteiger charge is 2.37. The van der Waals surface area contributed by atoms with Gasteiger partial charge in [0.1, 0.15) is 11.9 Å². The van der Waals surface area contributed by atoms with Crippen LogP contribution in [0.4, 0.5) is 5.69 Å². The van der Waals surface area contributed by atoms with Crippen molar-refractivity contribution in [3.05, 3.63) is 77.9 Å². The molecule has 1 aromatic heterocycles. The maximum atomic E-state index is 13.3. The number of hydrogen-bond acceptors (Lipinski definition) is 6. The molecule has 0 bridgehead atoms. The lowest BCUT2D eigenvalue weighted by Crippen LogP contribution is -2.46. The molecule has 0 unspecified atom stereocenters. The summed E-state index contributed by atoms with van der Waals surface area (Å²) in [6.45, 7) is 7.76. The molecule has 1 aliphatic heterocycles. The predicted molar refractivity (Wildman–Crippen MR) is 151 cm³/mol. The monoisotopic (exact) mass is 507 g/mol. The van der Waals surface area contributed by atoms with E-state index in [2.05, 4.69) is 75.2 Å². The van der Waals surface area contributed by atoms with Gasteiger partial charge in [-0.25, -0.2) is 9.97 Å². The molecule has 2 heterocycles. The number of nitriles is 1. The summed E-state index contributed by atoms with van der Waals surface area (Å²) in [6, 6.07) is 21.2. The standard InChI is InChI=1S/C32H37N5O/c1-2-36-18-20-37(21-19-36)28-12-10-27(11-13-28)26-8-6-25(7-9-26)22-29(38)23-32(15-4-3-5-16-32)30-14-17-34-31(24-33)35-30/h6-14,17H,2-5,15-16,18-23H2,1H3. The number of Topliss-reactive ketones (excluding diaryl/α,β-unsaturated/α-hetero) is 1. The van der Waals surface area contributed by atoms with E-state index in [0.29, 0.717) is 12.8 Å². The first-order valence-corrected chi connectivity index (χ1v) is 14.0. The van der Waals surface area contributed by atoms with E-state index in [1.54, 1.807) is 6.20 Å². The number of hydrogen-bond donors (Lipinski definition) is 0. The van der Waals surface area contributed by atoms with Crippen molar-refractivity contribution in [1.82, 2.24) is 14.9 Å². The van der Waals surface area contributed by atoms with Crippen LogP contribution in [0, 0.1) is 11.3 Å². The Kier molecular flexibility index (Phi) is 8.14. The molecule has 1 saturated heterocycles. The lowest BCUT2D eigenvalue weighted by molar-refractivity contribution is -0.120. The van der Waals surface area contributed by atoms with Crippen LogP contribution in [-0.4, -0.2) is 53.4 Å². The summed E-state index contributed by atoms with van der Waals surface area (Å²) in [4.78, 5) is 26.8. The molecular weight excluding hydrogens is 470 g/mol. The number of carbonyl (C=O) groups is 1. The maximum Gasteiger partial charge on any atom is 0.232 e. The van der Waals surface area contributed by atoms with E-state index in [0.717, 1.165) is 75.2 Å². The summed E-state index contributed by atoms with van der Waals surface area (Å²) in [7, 11) is 0. The van der Waals surface area contributed by atoms with Crippen LogP contribution in [-0.2, 0) is 16.6 Å². The molecule has 2 aliphatic rings. The second-order valence-corrected chi connectivity index (χ2v) is 10.8. The van der Waals surface area contributed by atoms with Crippen molar-refractivity contribution in [3.63, 3.8) is 0 Å². The molecule has 0 amide bonds. The van der Waals surface area contributed by atoms with Gasteiger partial charge in [0.15, 0.2) is 0 Å². The van der Waals surface area contributed by atoms with Crippen molar-refractivity contribution in [2.24, 2.45) is 0 Å². The van der Waals surface area contributed by atoms with Crippen molar-refractivity contribution in [2.45, 2.75) is 57.3 Å². The van der Waals surface area contributed by atoms with Crippen LogP contribution in [0.2, 0.25) is 0 Å². The average molecular weight is 508 g/mol. The van der Waals surface area contributed by atoms with Crippen LogP contribution in [0.25, 0.3) is 11.1 Å². The van der Waals surface area contributed by atoms with Crippen molar-refractivity contribution in [2.75, 3.05) is 37.6 Å². The fourth-order valence-electron chi connectivity index (χ4n) is 6.13. The predicted octanol–water partition coefficient (Wildman–Crippen LogP) is 5.56. The smallest absolute Gasteiger partial charge is 0.232 e. The normalized spacial score (nSPS) is 17.6. The maximum absolute atomic E-state index is 13.3. The van der Waals surface area contributed by atoms with Crippen LogP contribution >= 0.6 is 0 Å². The van der Waals surface area contributed by atoms with Gasteiger partial charge in [0.2, 0.25) is 5.82 Å². The Morgan fingerprint density at radius 1 is 0.921 bits per heavy atom. The third-order valence-corrected chi connectivity index (χ3v) is 8.39. The van der Waals surface area contributed by atoms with Gasteiger partial charge in [0, 0.05) is 56.3 Å². The number of rotatable bonds is 8. The Balaban J connectivity index is 1.22. The third-order valence-electron chi connectivity index (χ3n) is 8.39. The highest BCUT2D eigenvalue weighted by molar-refractivity contribution is 5.82. The summed E-state index contributed by atoms with van der Waals surface area (Å²) in [5, 5.41) is 9.27. The van der Waals surface area contributed by atoms with Gasteiger partial charge in [0.25, 0.3) is 0 Å². The molecule has 6 heteroatoms. The zero-order valence-corrected chi connectivity index (χ0v) is 22.4. The molecule has 5 rings (SSSR count). The Hall–Kier alpha value is -3.56. The summed E-state index contributed by atoms with van der Waals surface area (Å²) in [5.74, 6) is 0.409. The van der Waals surface area contributed by atoms with Gasteiger partial charge in [-0.3, -0.25) is 4.79 Å². The molecule has 1 aliphatic carbocycles. The van der Waals surface area contributed by atoms with Crippen molar-refractivity contribution in [1.29, 1.82) is 5.26 Å². The summed E-state index contributed by atoms with van der Waals surface area (Å²) in [5.41, 5.74) is 5.25. The number of anilines is 1. The van der Waals surface area contributed by atoms with E-state index in [9.17, 15) is 10.1 Å². The van der Waals surface area contributed by atoms with Gasteiger partial charge in [-0.1, -0.05) is 62.6 Å². The zero-order valence-electron chi connectivity index (χ0n) is 22.4. The summed E-state index contributed by atoms with van der Waals surface area (Å²) < 4.78 is 0. The van der Waals surface area contributed by atoms with Crippen LogP contribution in [0.3, 0.4) is 0 Å². The first kappa shape index (κ1) is 26.1. The molecule has 2 aromatic carbocycles. The Morgan fingerprint density at radius 2 is 1.58 bits per heavy atom. The topological polar surface area (TPSA) is 73.1 Å². The van der Waals surface area contributed by atoms with Gasteiger partial charge in [-0.15, -0.1) is 0 Å². The highest BCUT2D eigenvalue weighted by atomic mass is 16.1. The van der Waals surface area contributed by atoms with E-state index in [1.807, 2.05) is 12.1 Å². The number of piperazine rings is 1. The quantitative estimate of drug-likeness (QED) is 0.397. The number of benzene rings is 2. The van der Waals surface area contributed by atoms with Gasteiger partial charge in [-0.2, -0.15) is 5.26 Å². The lowest BCUT2D eigenvalue weighted by Gasteiger charge is -2.36. The minimum atomic E-state index is -0.283. The Bertz CT molecular complexity index is 1260. The minimum absolute atomic E-state index is 0.183. The molecule has 3 aromatic rings. The molecule has 1 saturated carbocycles. The molecule has 0 radical (unpaired) electrons. The number of aromatic nitrogens is 2. The molecule has 2 fully saturated rings. The van der Waals surface area contributed by atoms with Crippen molar-refractivity contribution in [3.8, 4) is 17.2 Å². The largest absolute Gasteiger partial charge is 0.369 e. The fourth-order valence-corrected chi connectivity index (χ4v) is 6.13. The SMILES string of the molecule is CCN1CCN(c2ccc(-c3ccc(CC(=O)CC4(c5ccnc(C#N)n5)CCCCC4)cc3)cc2)CC1. The highest BCUT2D eigenvalue weighted by Crippen LogP contribution is 2.41. The minimum Gasteiger partial charge on any atom is -0.369 e. The van der Waals surface area contributed by atoms with Crippen molar-refractivity contribution < 1.29 is 4.79 Å². The van der Waals surface area contributed by atoms with E-state index >= 15 is 0 Å². The van der Waals surface area contributed by atoms with E-state index in [-0.39, 0.29) is 17.0 Å². The van der Waals surface area contributed by atoms with Crippen LogP contribution in [0.5, 0.6) is 0 Å². The van der Waals surface area contributed by atoms with Gasteiger partial charge < -0.3 is 9.80 Å². The Morgan fingerprint density at radius 3 is 2.21 bits per heavy atom. The fraction of sp³-hybridized carbons (Fsp3) is 0.438. The van der Waals surface area contributed by atoms with Gasteiger partial charge >= 0.3 is 0 Å². The van der Waals surface area contributed by atoms with Crippen LogP contribution < -0.4 is 4.90 Å². The number of likely N-dealkylation sites (N-methyl/N-ethyl adjacent to an activating group) is 1. The summed E-state index contributed by atoms with van der Waals surface area (Å²) in [6.07, 6.45) is 7.76. The van der Waals surface area contributed by atoms with Gasteiger partial charge in [-0.05, 0) is 54.3 Å². The zero-order chi connectivity index (χ0) is 26.4. The number of carbonyl (C=O) groups excluding carboxylic acids is 1. The molecular formula is C32H37N5O. The van der Waals surface area contributed by atoms with E-state index in [4.69, 9.17) is 0 Å². The Labute approximate surface area is 226 Å². The first-order valence-electron chi connectivity index (χ1n) is 14.0. The molecule has 0 atom stereocenters. The van der Waals surface area contributed by atoms with E-state index < -0.39 is 0 Å². The number of nitrogens with zero attached hydrogens (tertiary/aromatic N) is 5. The van der Waals surface area contributed by atoms with Gasteiger partial charge in [0.05, 0.1) is 5.69 Å². The number of ketones is 1. The third kappa shape index (κ3) is 5.95. The van der Waals surface area contributed by atoms with Crippen LogP contribution in [0.15, 0.2) is 60.8 Å². The first-order chi connectivity index (χ1) is 18.6. The lowest BCUT2D eigenvalue weighted by atomic mass is 9.68. The molecule has 196 valence electrons. The molecule has 0 spiro atoms. The molecule has 38 heavy (non-hydrogen) atoms. The molecule has 6 nitrogen and oxygen atoms in total. The van der Waals surface area contributed by atoms with E-state index in [1.165, 1.54) is 17.7 Å². The van der Waals surface area contributed by atoms with Crippen LogP contribution in [0.1, 0.15) is 62.5 Å².